The van der Waals surface area contributed by atoms with Gasteiger partial charge in [0, 0.05) is 25.9 Å². The molecule has 1 aromatic carbocycles. The Labute approximate surface area is 167 Å². The van der Waals surface area contributed by atoms with Gasteiger partial charge in [-0.2, -0.15) is 31.9 Å². The van der Waals surface area contributed by atoms with E-state index < -0.39 is 23.5 Å². The molecule has 0 spiro atoms. The molecule has 0 aliphatic rings. The fourth-order valence-electron chi connectivity index (χ4n) is 2.35. The summed E-state index contributed by atoms with van der Waals surface area (Å²) in [7, 11) is 2.78. The third-order valence-corrected chi connectivity index (χ3v) is 3.84. The van der Waals surface area contributed by atoms with E-state index in [1.165, 1.54) is 37.3 Å². The van der Waals surface area contributed by atoms with E-state index in [1.54, 1.807) is 0 Å². The number of rotatable bonds is 7. The summed E-state index contributed by atoms with van der Waals surface area (Å²) in [5, 5.41) is 2.20. The second-order valence-corrected chi connectivity index (χ2v) is 6.04. The van der Waals surface area contributed by atoms with Crippen LogP contribution in [0.4, 0.5) is 32.0 Å². The molecule has 2 N–H and O–H groups in total. The average Bonchev–Trinajstić information content (AvgIpc) is 2.68. The molecule has 2 rings (SSSR count). The maximum absolute atomic E-state index is 13.5. The molecular formula is C18H17F6N5O. The van der Waals surface area contributed by atoms with Gasteiger partial charge in [0.1, 0.15) is 0 Å². The van der Waals surface area contributed by atoms with Crippen molar-refractivity contribution in [2.75, 3.05) is 19.1 Å². The van der Waals surface area contributed by atoms with Crippen molar-refractivity contribution < 1.29 is 31.1 Å². The molecule has 0 atom stereocenters. The molecule has 0 fully saturated rings. The van der Waals surface area contributed by atoms with Gasteiger partial charge in [0.25, 0.3) is 0 Å². The molecule has 1 aromatic heterocycles. The number of halogens is 6. The van der Waals surface area contributed by atoms with Crippen molar-refractivity contribution in [3.63, 3.8) is 0 Å². The van der Waals surface area contributed by atoms with Crippen LogP contribution in [0.15, 0.2) is 36.5 Å². The molecule has 1 heterocycles. The lowest BCUT2D eigenvalue weighted by molar-refractivity contribution is -0.138. The van der Waals surface area contributed by atoms with Crippen LogP contribution in [0, 0.1) is 0 Å². The fourth-order valence-corrected chi connectivity index (χ4v) is 2.35. The van der Waals surface area contributed by atoms with Gasteiger partial charge in [-0.25, -0.2) is 0 Å². The Kier molecular flexibility index (Phi) is 7.05. The van der Waals surface area contributed by atoms with Gasteiger partial charge in [0.05, 0.1) is 22.5 Å². The second kappa shape index (κ2) is 9.13. The summed E-state index contributed by atoms with van der Waals surface area (Å²) in [6, 6.07) is 5.31. The van der Waals surface area contributed by atoms with Gasteiger partial charge in [0.2, 0.25) is 6.41 Å². The number of carbonyl (C=O) groups is 1. The number of anilines is 1. The first-order valence-electron chi connectivity index (χ1n) is 8.28. The van der Waals surface area contributed by atoms with E-state index in [0.717, 1.165) is 29.3 Å². The Morgan fingerprint density at radius 2 is 1.63 bits per heavy atom. The minimum atomic E-state index is -4.68. The first-order chi connectivity index (χ1) is 13.9. The SMILES string of the molecule is CN(C=O)NNN(C)c1cccc(C(F)(F)F)c1/C=C/c1ccc(C(F)(F)F)cn1. The first kappa shape index (κ1) is 23.2. The maximum Gasteiger partial charge on any atom is 0.417 e. The van der Waals surface area contributed by atoms with Gasteiger partial charge in [0.15, 0.2) is 0 Å². The highest BCUT2D eigenvalue weighted by atomic mass is 19.4. The summed E-state index contributed by atoms with van der Waals surface area (Å²) in [5.74, 6) is 0. The summed E-state index contributed by atoms with van der Waals surface area (Å²) in [4.78, 5) is 14.2. The summed E-state index contributed by atoms with van der Waals surface area (Å²) in [6.07, 6.45) is -5.94. The smallest absolute Gasteiger partial charge is 0.296 e. The van der Waals surface area contributed by atoms with E-state index in [9.17, 15) is 31.1 Å². The highest BCUT2D eigenvalue weighted by Crippen LogP contribution is 2.37. The lowest BCUT2D eigenvalue weighted by atomic mass is 10.0. The van der Waals surface area contributed by atoms with Crippen molar-refractivity contribution in [1.82, 2.24) is 21.1 Å². The number of alkyl halides is 6. The van der Waals surface area contributed by atoms with Crippen molar-refractivity contribution in [1.29, 1.82) is 0 Å². The van der Waals surface area contributed by atoms with Crippen LogP contribution in [-0.4, -0.2) is 30.5 Å². The van der Waals surface area contributed by atoms with E-state index in [1.807, 2.05) is 0 Å². The normalized spacial score (nSPS) is 12.3. The second-order valence-electron chi connectivity index (χ2n) is 6.04. The van der Waals surface area contributed by atoms with Crippen LogP contribution in [0.1, 0.15) is 22.4 Å². The van der Waals surface area contributed by atoms with E-state index >= 15 is 0 Å². The van der Waals surface area contributed by atoms with Crippen LogP contribution in [-0.2, 0) is 17.1 Å². The molecule has 0 saturated carbocycles. The molecule has 0 unspecified atom stereocenters. The van der Waals surface area contributed by atoms with Crippen molar-refractivity contribution in [2.24, 2.45) is 0 Å². The van der Waals surface area contributed by atoms with E-state index in [4.69, 9.17) is 0 Å². The zero-order valence-electron chi connectivity index (χ0n) is 15.7. The number of benzene rings is 1. The van der Waals surface area contributed by atoms with Crippen LogP contribution >= 0.6 is 0 Å². The lowest BCUT2D eigenvalue weighted by Gasteiger charge is -2.26. The number of hydrogen-bond donors (Lipinski definition) is 2. The number of carbonyl (C=O) groups excluding carboxylic acids is 1. The molecule has 30 heavy (non-hydrogen) atoms. The van der Waals surface area contributed by atoms with Crippen LogP contribution in [0.5, 0.6) is 0 Å². The minimum Gasteiger partial charge on any atom is -0.296 e. The van der Waals surface area contributed by atoms with E-state index in [0.29, 0.717) is 12.6 Å². The molecule has 0 radical (unpaired) electrons. The zero-order chi connectivity index (χ0) is 22.5. The van der Waals surface area contributed by atoms with Crippen LogP contribution < -0.4 is 16.1 Å². The number of aromatic nitrogens is 1. The molecule has 0 saturated heterocycles. The Balaban J connectivity index is 2.40. The molecule has 0 bridgehead atoms. The first-order valence-corrected chi connectivity index (χ1v) is 8.28. The summed E-state index contributed by atoms with van der Waals surface area (Å²) < 4.78 is 78.3. The molecular weight excluding hydrogens is 416 g/mol. The summed E-state index contributed by atoms with van der Waals surface area (Å²) in [5.41, 5.74) is 2.90. The molecule has 12 heteroatoms. The zero-order valence-corrected chi connectivity index (χ0v) is 15.7. The molecule has 6 nitrogen and oxygen atoms in total. The van der Waals surface area contributed by atoms with E-state index in [-0.39, 0.29) is 16.9 Å². The Bertz CT molecular complexity index is 895. The Hall–Kier alpha value is -3.12. The average molecular weight is 433 g/mol. The topological polar surface area (TPSA) is 60.5 Å². The standard InChI is InChI=1S/C18H17F6N5O/c1-28(11-30)26-27-29(2)16-5-3-4-15(18(22,23)24)14(16)9-8-13-7-6-12(10-25-13)17(19,20)21/h3-11,26-27H,1-2H3/b9-8+. The van der Waals surface area contributed by atoms with Gasteiger partial charge in [-0.3, -0.25) is 19.8 Å². The van der Waals surface area contributed by atoms with Gasteiger partial charge in [-0.1, -0.05) is 12.1 Å². The molecule has 0 aliphatic heterocycles. The predicted molar refractivity (Wildman–Crippen MR) is 98.1 cm³/mol. The van der Waals surface area contributed by atoms with Crippen molar-refractivity contribution in [2.45, 2.75) is 12.4 Å². The Morgan fingerprint density at radius 3 is 2.17 bits per heavy atom. The van der Waals surface area contributed by atoms with Crippen molar-refractivity contribution in [3.05, 3.63) is 58.9 Å². The quantitative estimate of drug-likeness (QED) is 0.396. The lowest BCUT2D eigenvalue weighted by Crippen LogP contribution is -2.52. The molecule has 2 aromatic rings. The third kappa shape index (κ3) is 5.94. The monoisotopic (exact) mass is 433 g/mol. The molecule has 162 valence electrons. The number of hydrogen-bond acceptors (Lipinski definition) is 5. The molecule has 1 amide bonds. The van der Waals surface area contributed by atoms with E-state index in [2.05, 4.69) is 16.1 Å². The van der Waals surface area contributed by atoms with Gasteiger partial charge in [-0.15, -0.1) is 5.53 Å². The molecule has 0 aliphatic carbocycles. The number of amides is 1. The highest BCUT2D eigenvalue weighted by molar-refractivity contribution is 5.78. The van der Waals surface area contributed by atoms with Crippen LogP contribution in [0.2, 0.25) is 0 Å². The van der Waals surface area contributed by atoms with Crippen molar-refractivity contribution in [3.8, 4) is 0 Å². The largest absolute Gasteiger partial charge is 0.417 e. The van der Waals surface area contributed by atoms with Gasteiger partial charge < -0.3 is 0 Å². The number of hydrazine groups is 3. The summed E-state index contributed by atoms with van der Waals surface area (Å²) >= 11 is 0. The maximum atomic E-state index is 13.5. The number of pyridine rings is 1. The number of nitrogens with zero attached hydrogens (tertiary/aromatic N) is 3. The Morgan fingerprint density at radius 1 is 0.933 bits per heavy atom. The summed E-state index contributed by atoms with van der Waals surface area (Å²) in [6.45, 7) is 0. The van der Waals surface area contributed by atoms with Gasteiger partial charge >= 0.3 is 12.4 Å². The minimum absolute atomic E-state index is 0.0420. The predicted octanol–water partition coefficient (Wildman–Crippen LogP) is 3.74. The third-order valence-electron chi connectivity index (χ3n) is 3.84. The van der Waals surface area contributed by atoms with Crippen molar-refractivity contribution >= 4 is 24.2 Å². The fraction of sp³-hybridized carbons (Fsp3) is 0.222. The highest BCUT2D eigenvalue weighted by Gasteiger charge is 2.34. The number of nitrogens with one attached hydrogen (secondary N) is 2. The van der Waals surface area contributed by atoms with Gasteiger partial charge in [-0.05, 0) is 30.3 Å². The van der Waals surface area contributed by atoms with Crippen LogP contribution in [0.3, 0.4) is 0 Å². The van der Waals surface area contributed by atoms with Crippen LogP contribution in [0.25, 0.3) is 12.2 Å².